The monoisotopic (exact) mass is 665 g/mol. The smallest absolute Gasteiger partial charge is 0.310 e. The van der Waals surface area contributed by atoms with Crippen molar-refractivity contribution < 1.29 is 24.2 Å². The van der Waals surface area contributed by atoms with Gasteiger partial charge in [0.1, 0.15) is 6.61 Å². The molecule has 1 unspecified atom stereocenters. The molecule has 0 aliphatic rings. The van der Waals surface area contributed by atoms with Crippen molar-refractivity contribution in [1.82, 2.24) is 0 Å². The number of hydrogen-bond donors (Lipinski definition) is 1. The normalized spacial score (nSPS) is 13.3. The van der Waals surface area contributed by atoms with Crippen LogP contribution in [0.15, 0.2) is 97.2 Å². The standard InChI is InChI=1S/C43H68O5/c1-3-5-7-9-11-13-15-17-19-20-21-22-24-25-27-29-31-33-35-37-42(45)47-40-41(39-44)48-43(46)38-36-34-32-30-28-26-23-18-16-14-12-10-8-6-4-2/h6,8,11-14,17-19,21-23,28,30,34,36,41,44H,3-5,7,9-10,15-16,20,24-27,29,31-33,35,37-40H2,1-2H3/b8-6-,13-11-,14-12-,19-17-,22-21-,23-18-,30-28-,36-34-. The first-order valence-corrected chi connectivity index (χ1v) is 18.8. The van der Waals surface area contributed by atoms with Gasteiger partial charge in [-0.1, -0.05) is 150 Å². The molecule has 0 bridgehead atoms. The van der Waals surface area contributed by atoms with Crippen LogP contribution >= 0.6 is 0 Å². The Kier molecular flexibility index (Phi) is 35.7. The highest BCUT2D eigenvalue weighted by molar-refractivity contribution is 5.71. The van der Waals surface area contributed by atoms with E-state index in [9.17, 15) is 14.7 Å². The van der Waals surface area contributed by atoms with Gasteiger partial charge < -0.3 is 14.6 Å². The number of unbranched alkanes of at least 4 members (excludes halogenated alkanes) is 9. The van der Waals surface area contributed by atoms with Crippen LogP contribution in [0.4, 0.5) is 0 Å². The zero-order valence-electron chi connectivity index (χ0n) is 30.5. The molecule has 0 heterocycles. The highest BCUT2D eigenvalue weighted by Gasteiger charge is 2.15. The number of aliphatic hydroxyl groups excluding tert-OH is 1. The van der Waals surface area contributed by atoms with Gasteiger partial charge in [-0.25, -0.2) is 0 Å². The lowest BCUT2D eigenvalue weighted by atomic mass is 10.1. The highest BCUT2D eigenvalue weighted by Crippen LogP contribution is 2.10. The molecule has 0 rings (SSSR count). The number of hydrogen-bond acceptors (Lipinski definition) is 5. The van der Waals surface area contributed by atoms with Crippen LogP contribution < -0.4 is 0 Å². The number of ether oxygens (including phenoxy) is 2. The van der Waals surface area contributed by atoms with Gasteiger partial charge >= 0.3 is 11.9 Å². The van der Waals surface area contributed by atoms with E-state index < -0.39 is 12.1 Å². The van der Waals surface area contributed by atoms with E-state index in [1.165, 1.54) is 44.9 Å². The van der Waals surface area contributed by atoms with Gasteiger partial charge in [0.25, 0.3) is 0 Å². The minimum atomic E-state index is -0.837. The molecular weight excluding hydrogens is 596 g/mol. The first kappa shape index (κ1) is 44.8. The number of allylic oxidation sites excluding steroid dienone is 15. The maximum Gasteiger partial charge on any atom is 0.310 e. The molecule has 0 aliphatic carbocycles. The van der Waals surface area contributed by atoms with E-state index in [4.69, 9.17) is 9.47 Å². The molecule has 0 fully saturated rings. The second-order valence-electron chi connectivity index (χ2n) is 11.9. The maximum atomic E-state index is 12.1. The quantitative estimate of drug-likeness (QED) is 0.0440. The average Bonchev–Trinajstić information content (AvgIpc) is 3.09. The molecule has 0 saturated heterocycles. The van der Waals surface area contributed by atoms with E-state index in [1.54, 1.807) is 6.08 Å². The van der Waals surface area contributed by atoms with Crippen molar-refractivity contribution in [1.29, 1.82) is 0 Å². The van der Waals surface area contributed by atoms with Gasteiger partial charge in [-0.2, -0.15) is 0 Å². The molecule has 5 heteroatoms. The summed E-state index contributed by atoms with van der Waals surface area (Å²) < 4.78 is 10.5. The summed E-state index contributed by atoms with van der Waals surface area (Å²) in [5.74, 6) is -0.764. The molecule has 0 saturated carbocycles. The molecule has 0 spiro atoms. The van der Waals surface area contributed by atoms with Gasteiger partial charge in [-0.3, -0.25) is 9.59 Å². The lowest BCUT2D eigenvalue weighted by molar-refractivity contribution is -0.160. The van der Waals surface area contributed by atoms with Gasteiger partial charge in [0.2, 0.25) is 0 Å². The molecule has 0 aromatic heterocycles. The lowest BCUT2D eigenvalue weighted by Gasteiger charge is -2.15. The van der Waals surface area contributed by atoms with E-state index in [0.717, 1.165) is 70.6 Å². The second kappa shape index (κ2) is 38.3. The summed E-state index contributed by atoms with van der Waals surface area (Å²) in [5.41, 5.74) is 0. The number of rotatable bonds is 32. The highest BCUT2D eigenvalue weighted by atomic mass is 16.6. The average molecular weight is 665 g/mol. The van der Waals surface area contributed by atoms with Crippen LogP contribution in [-0.2, 0) is 19.1 Å². The fourth-order valence-corrected chi connectivity index (χ4v) is 4.57. The van der Waals surface area contributed by atoms with Crippen LogP contribution in [0.1, 0.15) is 142 Å². The Balaban J connectivity index is 3.75. The number of carbonyl (C=O) groups excluding carboxylic acids is 2. The summed E-state index contributed by atoms with van der Waals surface area (Å²) in [6.45, 7) is 3.87. The van der Waals surface area contributed by atoms with Crippen LogP contribution in [0.25, 0.3) is 0 Å². The van der Waals surface area contributed by atoms with E-state index in [1.807, 2.05) is 6.08 Å². The summed E-state index contributed by atoms with van der Waals surface area (Å²) in [5, 5.41) is 9.52. The van der Waals surface area contributed by atoms with Gasteiger partial charge in [-0.05, 0) is 77.0 Å². The molecule has 270 valence electrons. The summed E-state index contributed by atoms with van der Waals surface area (Å²) in [7, 11) is 0. The van der Waals surface area contributed by atoms with Crippen molar-refractivity contribution in [3.63, 3.8) is 0 Å². The van der Waals surface area contributed by atoms with Crippen LogP contribution in [0, 0.1) is 0 Å². The van der Waals surface area contributed by atoms with Crippen molar-refractivity contribution in [2.24, 2.45) is 0 Å². The van der Waals surface area contributed by atoms with E-state index in [2.05, 4.69) is 98.9 Å². The number of aliphatic hydroxyl groups is 1. The van der Waals surface area contributed by atoms with Crippen molar-refractivity contribution in [3.8, 4) is 0 Å². The van der Waals surface area contributed by atoms with E-state index in [-0.39, 0.29) is 25.6 Å². The number of carbonyl (C=O) groups is 2. The van der Waals surface area contributed by atoms with Crippen LogP contribution in [0.3, 0.4) is 0 Å². The Labute approximate surface area is 294 Å². The van der Waals surface area contributed by atoms with E-state index >= 15 is 0 Å². The molecule has 1 N–H and O–H groups in total. The molecule has 0 aromatic carbocycles. The molecule has 48 heavy (non-hydrogen) atoms. The van der Waals surface area contributed by atoms with Gasteiger partial charge in [0, 0.05) is 6.42 Å². The summed E-state index contributed by atoms with van der Waals surface area (Å²) in [6, 6.07) is 0. The van der Waals surface area contributed by atoms with Crippen LogP contribution in [0.5, 0.6) is 0 Å². The van der Waals surface area contributed by atoms with Crippen molar-refractivity contribution in [2.45, 2.75) is 148 Å². The van der Waals surface area contributed by atoms with Crippen molar-refractivity contribution >= 4 is 11.9 Å². The van der Waals surface area contributed by atoms with Crippen molar-refractivity contribution in [3.05, 3.63) is 97.2 Å². The Hall–Kier alpha value is -3.18. The minimum absolute atomic E-state index is 0.114. The van der Waals surface area contributed by atoms with E-state index in [0.29, 0.717) is 6.42 Å². The summed E-state index contributed by atoms with van der Waals surface area (Å²) in [6.07, 6.45) is 53.4. The summed E-state index contributed by atoms with van der Waals surface area (Å²) >= 11 is 0. The first-order valence-electron chi connectivity index (χ1n) is 18.8. The lowest BCUT2D eigenvalue weighted by Crippen LogP contribution is -2.28. The fourth-order valence-electron chi connectivity index (χ4n) is 4.57. The van der Waals surface area contributed by atoms with Crippen LogP contribution in [0.2, 0.25) is 0 Å². The molecule has 1 atom stereocenters. The third-order valence-electron chi connectivity index (χ3n) is 7.39. The van der Waals surface area contributed by atoms with Crippen LogP contribution in [-0.4, -0.2) is 36.4 Å². The van der Waals surface area contributed by atoms with Gasteiger partial charge in [0.15, 0.2) is 6.10 Å². The molecule has 0 amide bonds. The summed E-state index contributed by atoms with van der Waals surface area (Å²) in [4.78, 5) is 24.2. The Bertz CT molecular complexity index is 979. The molecule has 0 aromatic rings. The zero-order chi connectivity index (χ0) is 35.0. The maximum absolute atomic E-state index is 12.1. The third-order valence-corrected chi connectivity index (χ3v) is 7.39. The molecule has 0 radical (unpaired) electrons. The Morgan fingerprint density at radius 2 is 0.958 bits per heavy atom. The molecule has 0 aliphatic heterocycles. The molecule has 5 nitrogen and oxygen atoms in total. The topological polar surface area (TPSA) is 72.8 Å². The fraction of sp³-hybridized carbons (Fsp3) is 0.581. The predicted molar refractivity (Wildman–Crippen MR) is 205 cm³/mol. The number of esters is 2. The van der Waals surface area contributed by atoms with Gasteiger partial charge in [-0.15, -0.1) is 0 Å². The minimum Gasteiger partial charge on any atom is -0.462 e. The van der Waals surface area contributed by atoms with Gasteiger partial charge in [0.05, 0.1) is 13.0 Å². The SMILES string of the molecule is CC/C=C\C/C=C\C/C=C\C/C=C\C/C=C\CC(=O)OC(CO)COC(=O)CCCCCCCC/C=C\C/C=C\C/C=C\CCCCC. The second-order valence-corrected chi connectivity index (χ2v) is 11.9. The Morgan fingerprint density at radius 1 is 0.521 bits per heavy atom. The predicted octanol–water partition coefficient (Wildman–Crippen LogP) is 11.7. The first-order chi connectivity index (χ1) is 23.6. The third kappa shape index (κ3) is 35.7. The van der Waals surface area contributed by atoms with Crippen molar-refractivity contribution in [2.75, 3.05) is 13.2 Å². The largest absolute Gasteiger partial charge is 0.462 e. The Morgan fingerprint density at radius 3 is 1.46 bits per heavy atom. The molecular formula is C43H68O5. The zero-order valence-corrected chi connectivity index (χ0v) is 30.5.